The molecule has 3 heteroatoms. The molecule has 1 aromatic carbocycles. The van der Waals surface area contributed by atoms with Gasteiger partial charge in [-0.25, -0.2) is 4.98 Å². The van der Waals surface area contributed by atoms with Gasteiger partial charge >= 0.3 is 0 Å². The Hall–Kier alpha value is -2.03. The van der Waals surface area contributed by atoms with E-state index in [0.29, 0.717) is 10.7 Å². The minimum atomic E-state index is 0.330. The van der Waals surface area contributed by atoms with Gasteiger partial charge in [-0.3, -0.25) is 0 Å². The van der Waals surface area contributed by atoms with Crippen molar-refractivity contribution in [3.05, 3.63) is 41.0 Å². The fraction of sp³-hybridized carbons (Fsp3) is 0. The normalized spacial score (nSPS) is 9.07. The highest BCUT2D eigenvalue weighted by atomic mass is 35.5. The van der Waals surface area contributed by atoms with Crippen LogP contribution in [0.2, 0.25) is 5.15 Å². The van der Waals surface area contributed by atoms with Gasteiger partial charge in [0.1, 0.15) is 5.15 Å². The van der Waals surface area contributed by atoms with Crippen LogP contribution >= 0.6 is 11.6 Å². The second-order valence-corrected chi connectivity index (χ2v) is 3.24. The van der Waals surface area contributed by atoms with Crippen molar-refractivity contribution >= 4 is 22.5 Å². The minimum absolute atomic E-state index is 0.330. The van der Waals surface area contributed by atoms with Gasteiger partial charge in [0.15, 0.2) is 6.07 Å². The molecule has 1 heterocycles. The van der Waals surface area contributed by atoms with Crippen molar-refractivity contribution in [2.75, 3.05) is 0 Å². The predicted octanol–water partition coefficient (Wildman–Crippen LogP) is 2.76. The quantitative estimate of drug-likeness (QED) is 0.497. The van der Waals surface area contributed by atoms with Crippen molar-refractivity contribution in [1.82, 2.24) is 4.98 Å². The lowest BCUT2D eigenvalue weighted by molar-refractivity contribution is 1.39. The summed E-state index contributed by atoms with van der Waals surface area (Å²) in [6.45, 7) is 0. The molecule has 0 aliphatic heterocycles. The van der Waals surface area contributed by atoms with Crippen molar-refractivity contribution < 1.29 is 0 Å². The number of hydrogen-bond donors (Lipinski definition) is 0. The van der Waals surface area contributed by atoms with E-state index in [4.69, 9.17) is 16.9 Å². The van der Waals surface area contributed by atoms with Crippen LogP contribution in [0.1, 0.15) is 5.56 Å². The maximum Gasteiger partial charge on any atom is 0.152 e. The Balaban J connectivity index is 2.68. The van der Waals surface area contributed by atoms with Crippen LogP contribution in [-0.4, -0.2) is 4.98 Å². The van der Waals surface area contributed by atoms with E-state index >= 15 is 0 Å². The van der Waals surface area contributed by atoms with Gasteiger partial charge in [-0.1, -0.05) is 29.8 Å². The van der Waals surface area contributed by atoms with E-state index in [1.54, 1.807) is 6.07 Å². The summed E-state index contributed by atoms with van der Waals surface area (Å²) in [6.07, 6.45) is 0. The highest BCUT2D eigenvalue weighted by Gasteiger charge is 2.01. The number of aromatic nitrogens is 1. The third kappa shape index (κ3) is 1.91. The van der Waals surface area contributed by atoms with E-state index in [-0.39, 0.29) is 0 Å². The summed E-state index contributed by atoms with van der Waals surface area (Å²) >= 11 is 5.92. The molecule has 15 heavy (non-hydrogen) atoms. The molecule has 0 atom stereocenters. The monoisotopic (exact) mass is 212 g/mol. The molecule has 2 aromatic rings. The van der Waals surface area contributed by atoms with Crippen molar-refractivity contribution in [2.24, 2.45) is 0 Å². The topological polar surface area (TPSA) is 36.7 Å². The molecule has 2 rings (SSSR count). The third-order valence-electron chi connectivity index (χ3n) is 1.93. The van der Waals surface area contributed by atoms with Crippen LogP contribution < -0.4 is 0 Å². The molecule has 0 N–H and O–H groups in total. The molecule has 0 unspecified atom stereocenters. The lowest BCUT2D eigenvalue weighted by Crippen LogP contribution is -1.84. The average Bonchev–Trinajstić information content (AvgIpc) is 2.26. The van der Waals surface area contributed by atoms with E-state index in [0.717, 1.165) is 10.9 Å². The first-order valence-electron chi connectivity index (χ1n) is 4.26. The Morgan fingerprint density at radius 3 is 2.87 bits per heavy atom. The van der Waals surface area contributed by atoms with Crippen LogP contribution in [-0.2, 0) is 0 Å². The van der Waals surface area contributed by atoms with Crippen molar-refractivity contribution in [2.45, 2.75) is 0 Å². The molecule has 0 bridgehead atoms. The Morgan fingerprint density at radius 1 is 1.27 bits per heavy atom. The summed E-state index contributed by atoms with van der Waals surface area (Å²) in [4.78, 5) is 4.18. The molecule has 0 aliphatic carbocycles. The lowest BCUT2D eigenvalue weighted by Gasteiger charge is -1.99. The number of nitrogens with zero attached hydrogens (tertiary/aromatic N) is 2. The van der Waals surface area contributed by atoms with Crippen LogP contribution in [0.25, 0.3) is 10.9 Å². The van der Waals surface area contributed by atoms with Crippen LogP contribution in [0.5, 0.6) is 0 Å². The molecular weight excluding hydrogens is 208 g/mol. The number of pyridine rings is 1. The minimum Gasteiger partial charge on any atom is -0.235 e. The van der Waals surface area contributed by atoms with E-state index in [9.17, 15) is 0 Å². The van der Waals surface area contributed by atoms with Gasteiger partial charge in [0.25, 0.3) is 0 Å². The molecule has 70 valence electrons. The predicted molar refractivity (Wildman–Crippen MR) is 59.2 cm³/mol. The summed E-state index contributed by atoms with van der Waals surface area (Å²) < 4.78 is 0. The molecule has 0 aliphatic rings. The number of halogens is 1. The van der Waals surface area contributed by atoms with Crippen LogP contribution in [0.15, 0.2) is 30.3 Å². The molecule has 1 aromatic heterocycles. The average molecular weight is 213 g/mol. The first kappa shape index (κ1) is 9.52. The SMILES string of the molecule is N#CC#Cc1cc2ccccc2nc1Cl. The summed E-state index contributed by atoms with van der Waals surface area (Å²) in [6, 6.07) is 11.2. The van der Waals surface area contributed by atoms with Gasteiger partial charge < -0.3 is 0 Å². The van der Waals surface area contributed by atoms with Gasteiger partial charge in [-0.15, -0.1) is 0 Å². The zero-order chi connectivity index (χ0) is 10.7. The second-order valence-electron chi connectivity index (χ2n) is 2.88. The summed E-state index contributed by atoms with van der Waals surface area (Å²) in [5.74, 6) is 4.95. The summed E-state index contributed by atoms with van der Waals surface area (Å²) in [7, 11) is 0. The van der Waals surface area contributed by atoms with Gasteiger partial charge in [0.05, 0.1) is 11.1 Å². The van der Waals surface area contributed by atoms with E-state index in [2.05, 4.69) is 16.8 Å². The van der Waals surface area contributed by atoms with E-state index in [1.165, 1.54) is 0 Å². The number of hydrogen-bond acceptors (Lipinski definition) is 2. The third-order valence-corrected chi connectivity index (χ3v) is 2.22. The van der Waals surface area contributed by atoms with Crippen LogP contribution in [0.3, 0.4) is 0 Å². The van der Waals surface area contributed by atoms with Crippen molar-refractivity contribution in [3.8, 4) is 17.9 Å². The Bertz CT molecular complexity index is 615. The highest BCUT2D eigenvalue weighted by molar-refractivity contribution is 6.31. The van der Waals surface area contributed by atoms with Crippen LogP contribution in [0.4, 0.5) is 0 Å². The molecule has 0 saturated carbocycles. The number of benzene rings is 1. The summed E-state index contributed by atoms with van der Waals surface area (Å²) in [5.41, 5.74) is 1.40. The zero-order valence-corrected chi connectivity index (χ0v) is 8.42. The maximum absolute atomic E-state index is 8.34. The maximum atomic E-state index is 8.34. The molecule has 0 amide bonds. The number of rotatable bonds is 0. The smallest absolute Gasteiger partial charge is 0.152 e. The molecule has 0 spiro atoms. The first-order chi connectivity index (χ1) is 7.31. The standard InChI is InChI=1S/C12H5ClN2/c13-12-10(5-3-7-14)8-9-4-1-2-6-11(9)15-12/h1-2,4,6,8H. The zero-order valence-electron chi connectivity index (χ0n) is 7.66. The van der Waals surface area contributed by atoms with Crippen molar-refractivity contribution in [1.29, 1.82) is 5.26 Å². The Kier molecular flexibility index (Phi) is 2.54. The van der Waals surface area contributed by atoms with E-state index < -0.39 is 0 Å². The van der Waals surface area contributed by atoms with Gasteiger partial charge in [-0.2, -0.15) is 5.26 Å². The largest absolute Gasteiger partial charge is 0.235 e. The lowest BCUT2D eigenvalue weighted by atomic mass is 10.1. The molecule has 0 saturated heterocycles. The molecular formula is C12H5ClN2. The second kappa shape index (κ2) is 4.00. The Morgan fingerprint density at radius 2 is 2.07 bits per heavy atom. The van der Waals surface area contributed by atoms with Gasteiger partial charge in [-0.05, 0) is 18.1 Å². The number of para-hydroxylation sites is 1. The van der Waals surface area contributed by atoms with Gasteiger partial charge in [0.2, 0.25) is 0 Å². The molecule has 0 radical (unpaired) electrons. The fourth-order valence-corrected chi connectivity index (χ4v) is 1.47. The van der Waals surface area contributed by atoms with Crippen molar-refractivity contribution in [3.63, 3.8) is 0 Å². The Labute approximate surface area is 92.1 Å². The number of fused-ring (bicyclic) bond motifs is 1. The van der Waals surface area contributed by atoms with E-state index in [1.807, 2.05) is 30.3 Å². The summed E-state index contributed by atoms with van der Waals surface area (Å²) in [5, 5.41) is 9.64. The number of nitriles is 1. The fourth-order valence-electron chi connectivity index (χ4n) is 1.28. The first-order valence-corrected chi connectivity index (χ1v) is 4.64. The highest BCUT2D eigenvalue weighted by Crippen LogP contribution is 2.19. The molecule has 0 fully saturated rings. The van der Waals surface area contributed by atoms with Gasteiger partial charge in [0, 0.05) is 11.3 Å². The van der Waals surface area contributed by atoms with Crippen LogP contribution in [0, 0.1) is 23.2 Å². The molecule has 2 nitrogen and oxygen atoms in total.